The van der Waals surface area contributed by atoms with Crippen LogP contribution in [0.2, 0.25) is 0 Å². The van der Waals surface area contributed by atoms with E-state index in [0.717, 1.165) is 38.8 Å². The van der Waals surface area contributed by atoms with Gasteiger partial charge in [0.15, 0.2) is 0 Å². The third-order valence-electron chi connectivity index (χ3n) is 4.26. The summed E-state index contributed by atoms with van der Waals surface area (Å²) in [4.78, 5) is 11.8. The summed E-state index contributed by atoms with van der Waals surface area (Å²) in [5.74, 6) is 0. The summed E-state index contributed by atoms with van der Waals surface area (Å²) in [5, 5.41) is 5.56. The zero-order valence-corrected chi connectivity index (χ0v) is 12.7. The van der Waals surface area contributed by atoms with Crippen LogP contribution in [0.25, 0.3) is 38.8 Å². The van der Waals surface area contributed by atoms with Gasteiger partial charge in [-0.05, 0) is 35.9 Å². The standard InChI is InChI=1S/C19H13N5/c1-3-14(10-20-6-1)17-12-23-24-8-5-13(9-18(17)24)16-11-22-19-15(16)4-2-7-21-19/h1-12H,(H,21,22). The van der Waals surface area contributed by atoms with E-state index in [1.54, 1.807) is 12.4 Å². The van der Waals surface area contributed by atoms with Crippen molar-refractivity contribution < 1.29 is 0 Å². The summed E-state index contributed by atoms with van der Waals surface area (Å²) in [7, 11) is 0. The Morgan fingerprint density at radius 2 is 1.88 bits per heavy atom. The van der Waals surface area contributed by atoms with E-state index in [1.165, 1.54) is 0 Å². The van der Waals surface area contributed by atoms with Gasteiger partial charge in [-0.15, -0.1) is 0 Å². The molecule has 0 aromatic carbocycles. The molecule has 0 aliphatic heterocycles. The maximum Gasteiger partial charge on any atom is 0.137 e. The van der Waals surface area contributed by atoms with E-state index in [2.05, 4.69) is 38.2 Å². The lowest BCUT2D eigenvalue weighted by Gasteiger charge is -2.03. The second kappa shape index (κ2) is 5.03. The second-order valence-corrected chi connectivity index (χ2v) is 5.65. The van der Waals surface area contributed by atoms with E-state index < -0.39 is 0 Å². The summed E-state index contributed by atoms with van der Waals surface area (Å²) >= 11 is 0. The fourth-order valence-electron chi connectivity index (χ4n) is 3.09. The first-order valence-corrected chi connectivity index (χ1v) is 7.70. The molecule has 5 heterocycles. The molecule has 0 aliphatic carbocycles. The van der Waals surface area contributed by atoms with Gasteiger partial charge >= 0.3 is 0 Å². The van der Waals surface area contributed by atoms with Crippen LogP contribution < -0.4 is 0 Å². The van der Waals surface area contributed by atoms with Gasteiger partial charge in [-0.1, -0.05) is 6.07 Å². The summed E-state index contributed by atoms with van der Waals surface area (Å²) in [5.41, 5.74) is 6.35. The van der Waals surface area contributed by atoms with Gasteiger partial charge in [-0.25, -0.2) is 9.50 Å². The highest BCUT2D eigenvalue weighted by molar-refractivity contribution is 5.95. The molecule has 0 amide bonds. The van der Waals surface area contributed by atoms with Crippen LogP contribution in [0.4, 0.5) is 0 Å². The van der Waals surface area contributed by atoms with Crippen LogP contribution in [0, 0.1) is 0 Å². The Labute approximate surface area is 137 Å². The lowest BCUT2D eigenvalue weighted by molar-refractivity contribution is 0.962. The molecule has 0 saturated heterocycles. The first-order chi connectivity index (χ1) is 11.9. The van der Waals surface area contributed by atoms with Gasteiger partial charge in [-0.3, -0.25) is 4.98 Å². The number of aromatic amines is 1. The van der Waals surface area contributed by atoms with E-state index in [-0.39, 0.29) is 0 Å². The van der Waals surface area contributed by atoms with Crippen LogP contribution >= 0.6 is 0 Å². The third kappa shape index (κ3) is 1.91. The number of rotatable bonds is 2. The average molecular weight is 311 g/mol. The van der Waals surface area contributed by atoms with Crippen molar-refractivity contribution >= 4 is 16.6 Å². The van der Waals surface area contributed by atoms with Gasteiger partial charge in [0, 0.05) is 53.1 Å². The fourth-order valence-corrected chi connectivity index (χ4v) is 3.09. The Morgan fingerprint density at radius 1 is 0.917 bits per heavy atom. The molecular weight excluding hydrogens is 298 g/mol. The molecule has 0 saturated carbocycles. The smallest absolute Gasteiger partial charge is 0.137 e. The molecule has 0 fully saturated rings. The predicted molar refractivity (Wildman–Crippen MR) is 93.5 cm³/mol. The largest absolute Gasteiger partial charge is 0.346 e. The minimum absolute atomic E-state index is 0.897. The Morgan fingerprint density at radius 3 is 2.79 bits per heavy atom. The predicted octanol–water partition coefficient (Wildman–Crippen LogP) is 3.94. The van der Waals surface area contributed by atoms with Crippen molar-refractivity contribution in [2.45, 2.75) is 0 Å². The van der Waals surface area contributed by atoms with Gasteiger partial charge in [-0.2, -0.15) is 5.10 Å². The van der Waals surface area contributed by atoms with Crippen molar-refractivity contribution in [1.29, 1.82) is 0 Å². The molecule has 5 nitrogen and oxygen atoms in total. The van der Waals surface area contributed by atoms with Gasteiger partial charge in [0.2, 0.25) is 0 Å². The molecule has 24 heavy (non-hydrogen) atoms. The fraction of sp³-hybridized carbons (Fsp3) is 0. The van der Waals surface area contributed by atoms with E-state index in [1.807, 2.05) is 47.5 Å². The highest BCUT2D eigenvalue weighted by Gasteiger charge is 2.11. The first-order valence-electron chi connectivity index (χ1n) is 7.70. The van der Waals surface area contributed by atoms with Gasteiger partial charge < -0.3 is 4.98 Å². The van der Waals surface area contributed by atoms with Crippen molar-refractivity contribution in [1.82, 2.24) is 24.6 Å². The normalized spacial score (nSPS) is 11.3. The van der Waals surface area contributed by atoms with Gasteiger partial charge in [0.05, 0.1) is 11.7 Å². The zero-order chi connectivity index (χ0) is 15.9. The maximum absolute atomic E-state index is 4.45. The van der Waals surface area contributed by atoms with E-state index >= 15 is 0 Å². The molecule has 1 N–H and O–H groups in total. The van der Waals surface area contributed by atoms with Crippen molar-refractivity contribution in [3.8, 4) is 22.3 Å². The minimum atomic E-state index is 0.897. The first kappa shape index (κ1) is 13.0. The molecule has 5 aromatic heterocycles. The molecule has 5 rings (SSSR count). The van der Waals surface area contributed by atoms with Crippen LogP contribution in [0.1, 0.15) is 0 Å². The number of hydrogen-bond acceptors (Lipinski definition) is 3. The molecule has 0 atom stereocenters. The summed E-state index contributed by atoms with van der Waals surface area (Å²) in [6.07, 6.45) is 11.3. The topological polar surface area (TPSA) is 58.9 Å². The molecule has 5 aromatic rings. The summed E-state index contributed by atoms with van der Waals surface area (Å²) in [6, 6.07) is 12.3. The van der Waals surface area contributed by atoms with Crippen LogP contribution in [-0.2, 0) is 0 Å². The monoisotopic (exact) mass is 311 g/mol. The Kier molecular flexibility index (Phi) is 2.72. The van der Waals surface area contributed by atoms with Crippen molar-refractivity contribution in [3.63, 3.8) is 0 Å². The minimum Gasteiger partial charge on any atom is -0.346 e. The van der Waals surface area contributed by atoms with Crippen LogP contribution in [0.15, 0.2) is 73.6 Å². The molecule has 0 aliphatic rings. The lowest BCUT2D eigenvalue weighted by atomic mass is 10.0. The van der Waals surface area contributed by atoms with E-state index in [4.69, 9.17) is 0 Å². The summed E-state index contributed by atoms with van der Waals surface area (Å²) < 4.78 is 1.89. The number of hydrogen-bond donors (Lipinski definition) is 1. The molecule has 0 radical (unpaired) electrons. The van der Waals surface area contributed by atoms with Crippen molar-refractivity contribution in [2.24, 2.45) is 0 Å². The third-order valence-corrected chi connectivity index (χ3v) is 4.26. The Hall–Kier alpha value is -3.47. The number of nitrogens with one attached hydrogen (secondary N) is 1. The Balaban J connectivity index is 1.74. The quantitative estimate of drug-likeness (QED) is 0.537. The highest BCUT2D eigenvalue weighted by atomic mass is 15.2. The van der Waals surface area contributed by atoms with Gasteiger partial charge in [0.25, 0.3) is 0 Å². The second-order valence-electron chi connectivity index (χ2n) is 5.65. The van der Waals surface area contributed by atoms with E-state index in [9.17, 15) is 0 Å². The van der Waals surface area contributed by atoms with Crippen molar-refractivity contribution in [2.75, 3.05) is 0 Å². The lowest BCUT2D eigenvalue weighted by Crippen LogP contribution is -1.87. The number of H-pyrrole nitrogens is 1. The molecule has 0 spiro atoms. The van der Waals surface area contributed by atoms with Crippen LogP contribution in [-0.4, -0.2) is 24.6 Å². The van der Waals surface area contributed by atoms with Crippen LogP contribution in [0.5, 0.6) is 0 Å². The van der Waals surface area contributed by atoms with E-state index in [0.29, 0.717) is 0 Å². The molecule has 114 valence electrons. The molecular formula is C19H13N5. The molecule has 0 unspecified atom stereocenters. The number of nitrogens with zero attached hydrogens (tertiary/aromatic N) is 4. The Bertz CT molecular complexity index is 1150. The number of aromatic nitrogens is 5. The highest BCUT2D eigenvalue weighted by Crippen LogP contribution is 2.31. The average Bonchev–Trinajstić information content (AvgIpc) is 3.26. The SMILES string of the molecule is c1cncc(-c2cnn3ccc(-c4c[nH]c5ncccc45)cc23)c1. The summed E-state index contributed by atoms with van der Waals surface area (Å²) in [6.45, 7) is 0. The number of pyridine rings is 3. The zero-order valence-electron chi connectivity index (χ0n) is 12.7. The van der Waals surface area contributed by atoms with Gasteiger partial charge in [0.1, 0.15) is 5.65 Å². The molecule has 5 heteroatoms. The number of fused-ring (bicyclic) bond motifs is 2. The molecule has 0 bridgehead atoms. The maximum atomic E-state index is 4.45. The van der Waals surface area contributed by atoms with Crippen molar-refractivity contribution in [3.05, 3.63) is 73.6 Å². The van der Waals surface area contributed by atoms with Crippen LogP contribution in [0.3, 0.4) is 0 Å².